The molecule has 0 aliphatic rings. The molecule has 0 aliphatic heterocycles. The minimum atomic E-state index is -0.895. The summed E-state index contributed by atoms with van der Waals surface area (Å²) < 4.78 is 0. The number of hydrogen-bond donors (Lipinski definition) is 2. The Balaban J connectivity index is 2.04. The Bertz CT molecular complexity index is 612. The number of hydrogen-bond acceptors (Lipinski definition) is 3. The van der Waals surface area contributed by atoms with Gasteiger partial charge in [0.25, 0.3) is 5.91 Å². The van der Waals surface area contributed by atoms with Gasteiger partial charge in [0.1, 0.15) is 5.69 Å². The lowest BCUT2D eigenvalue weighted by atomic mass is 10.0. The summed E-state index contributed by atoms with van der Waals surface area (Å²) in [5, 5.41) is 11.6. The van der Waals surface area contributed by atoms with Gasteiger partial charge in [0.05, 0.1) is 6.42 Å². The quantitative estimate of drug-likeness (QED) is 0.865. The highest BCUT2D eigenvalue weighted by Gasteiger charge is 2.09. The van der Waals surface area contributed by atoms with Crippen molar-refractivity contribution in [3.8, 4) is 0 Å². The molecule has 0 spiro atoms. The molecular weight excluding hydrogens is 256 g/mol. The van der Waals surface area contributed by atoms with Crippen LogP contribution in [-0.4, -0.2) is 22.0 Å². The molecule has 0 unspecified atom stereocenters. The largest absolute Gasteiger partial charge is 0.481 e. The lowest BCUT2D eigenvalue weighted by molar-refractivity contribution is -0.136. The number of rotatable bonds is 5. The molecule has 102 valence electrons. The number of aliphatic carboxylic acids is 1. The molecule has 0 fully saturated rings. The molecule has 1 amide bonds. The zero-order valence-electron chi connectivity index (χ0n) is 10.7. The minimum Gasteiger partial charge on any atom is -0.481 e. The minimum absolute atomic E-state index is 0.0599. The number of nitrogens with zero attached hydrogens (tertiary/aromatic N) is 1. The highest BCUT2D eigenvalue weighted by molar-refractivity contribution is 5.92. The molecule has 0 bridgehead atoms. The van der Waals surface area contributed by atoms with Crippen LogP contribution >= 0.6 is 0 Å². The monoisotopic (exact) mass is 270 g/mol. The van der Waals surface area contributed by atoms with Crippen molar-refractivity contribution in [2.24, 2.45) is 0 Å². The van der Waals surface area contributed by atoms with Crippen LogP contribution in [0.5, 0.6) is 0 Å². The second kappa shape index (κ2) is 6.47. The Morgan fingerprint density at radius 2 is 1.75 bits per heavy atom. The van der Waals surface area contributed by atoms with Crippen LogP contribution < -0.4 is 5.32 Å². The Kier molecular flexibility index (Phi) is 4.44. The third-order valence-electron chi connectivity index (χ3n) is 2.80. The summed E-state index contributed by atoms with van der Waals surface area (Å²) in [6.45, 7) is 0.277. The first-order chi connectivity index (χ1) is 9.66. The predicted molar refractivity (Wildman–Crippen MR) is 73.2 cm³/mol. The molecule has 20 heavy (non-hydrogen) atoms. The summed E-state index contributed by atoms with van der Waals surface area (Å²) in [7, 11) is 0. The Morgan fingerprint density at radius 3 is 2.40 bits per heavy atom. The van der Waals surface area contributed by atoms with Crippen molar-refractivity contribution in [3.05, 3.63) is 65.5 Å². The van der Waals surface area contributed by atoms with Gasteiger partial charge in [0.2, 0.25) is 0 Å². The molecule has 0 saturated heterocycles. The van der Waals surface area contributed by atoms with Crippen molar-refractivity contribution in [2.75, 3.05) is 0 Å². The number of carboxylic acids is 1. The summed E-state index contributed by atoms with van der Waals surface area (Å²) >= 11 is 0. The van der Waals surface area contributed by atoms with Crippen molar-refractivity contribution in [1.82, 2.24) is 10.3 Å². The maximum absolute atomic E-state index is 11.9. The topological polar surface area (TPSA) is 79.3 Å². The average Bonchev–Trinajstić information content (AvgIpc) is 2.46. The van der Waals surface area contributed by atoms with E-state index in [4.69, 9.17) is 5.11 Å². The van der Waals surface area contributed by atoms with E-state index in [1.54, 1.807) is 42.6 Å². The third-order valence-corrected chi connectivity index (χ3v) is 2.80. The number of carbonyl (C=O) groups is 2. The number of amides is 1. The first-order valence-corrected chi connectivity index (χ1v) is 6.14. The van der Waals surface area contributed by atoms with Crippen molar-refractivity contribution < 1.29 is 14.7 Å². The third kappa shape index (κ3) is 3.65. The van der Waals surface area contributed by atoms with E-state index >= 15 is 0 Å². The smallest absolute Gasteiger partial charge is 0.307 e. The first kappa shape index (κ1) is 13.7. The van der Waals surface area contributed by atoms with Gasteiger partial charge >= 0.3 is 5.97 Å². The van der Waals surface area contributed by atoms with Crippen molar-refractivity contribution in [2.45, 2.75) is 13.0 Å². The average molecular weight is 270 g/mol. The summed E-state index contributed by atoms with van der Waals surface area (Å²) in [4.78, 5) is 26.6. The second-order valence-electron chi connectivity index (χ2n) is 4.24. The molecule has 5 nitrogen and oxygen atoms in total. The number of aromatic nitrogens is 1. The summed E-state index contributed by atoms with van der Waals surface area (Å²) in [5.41, 5.74) is 1.82. The molecule has 1 heterocycles. The lowest BCUT2D eigenvalue weighted by Gasteiger charge is -2.09. The molecule has 0 saturated carbocycles. The van der Waals surface area contributed by atoms with Crippen LogP contribution in [0.25, 0.3) is 0 Å². The maximum atomic E-state index is 11.9. The van der Waals surface area contributed by atoms with Crippen LogP contribution in [0.2, 0.25) is 0 Å². The van der Waals surface area contributed by atoms with E-state index in [-0.39, 0.29) is 18.9 Å². The van der Waals surface area contributed by atoms with Crippen LogP contribution in [0.3, 0.4) is 0 Å². The van der Waals surface area contributed by atoms with Crippen LogP contribution in [0.1, 0.15) is 21.6 Å². The second-order valence-corrected chi connectivity index (χ2v) is 4.24. The number of benzene rings is 1. The van der Waals surface area contributed by atoms with Gasteiger partial charge in [0, 0.05) is 12.7 Å². The van der Waals surface area contributed by atoms with E-state index in [2.05, 4.69) is 10.3 Å². The molecule has 1 aromatic heterocycles. The molecule has 2 N–H and O–H groups in total. The van der Waals surface area contributed by atoms with Gasteiger partial charge in [0.15, 0.2) is 0 Å². The fourth-order valence-electron chi connectivity index (χ4n) is 1.83. The van der Waals surface area contributed by atoms with E-state index in [9.17, 15) is 9.59 Å². The van der Waals surface area contributed by atoms with Crippen LogP contribution in [0, 0.1) is 0 Å². The van der Waals surface area contributed by atoms with E-state index in [1.807, 2.05) is 6.07 Å². The Hall–Kier alpha value is -2.69. The Labute approximate surface area is 116 Å². The molecule has 2 rings (SSSR count). The van der Waals surface area contributed by atoms with Crippen molar-refractivity contribution in [3.63, 3.8) is 0 Å². The normalized spacial score (nSPS) is 10.0. The van der Waals surface area contributed by atoms with Gasteiger partial charge in [-0.2, -0.15) is 0 Å². The van der Waals surface area contributed by atoms with Crippen LogP contribution in [0.15, 0.2) is 48.7 Å². The zero-order chi connectivity index (χ0) is 14.4. The number of pyridine rings is 1. The summed E-state index contributed by atoms with van der Waals surface area (Å²) in [6.07, 6.45) is 1.49. The van der Waals surface area contributed by atoms with E-state index in [0.717, 1.165) is 5.56 Å². The molecule has 5 heteroatoms. The predicted octanol–water partition coefficient (Wildman–Crippen LogP) is 1.64. The highest BCUT2D eigenvalue weighted by Crippen LogP contribution is 2.09. The molecule has 0 radical (unpaired) electrons. The number of carbonyl (C=O) groups excluding carboxylic acids is 1. The van der Waals surface area contributed by atoms with Gasteiger partial charge < -0.3 is 10.4 Å². The lowest BCUT2D eigenvalue weighted by Crippen LogP contribution is -2.24. The van der Waals surface area contributed by atoms with Gasteiger partial charge in [-0.3, -0.25) is 14.6 Å². The van der Waals surface area contributed by atoms with Gasteiger partial charge in [-0.15, -0.1) is 0 Å². The Morgan fingerprint density at radius 1 is 1.05 bits per heavy atom. The number of carboxylic acid groups (broad SMARTS) is 1. The SMILES string of the molecule is O=C(O)Cc1ccccc1CNC(=O)c1ccccn1. The first-order valence-electron chi connectivity index (χ1n) is 6.14. The molecule has 1 aromatic carbocycles. The molecule has 2 aromatic rings. The fraction of sp³-hybridized carbons (Fsp3) is 0.133. The van der Waals surface area contributed by atoms with Crippen molar-refractivity contribution >= 4 is 11.9 Å². The molecule has 0 atom stereocenters. The summed E-state index contributed by atoms with van der Waals surface area (Å²) in [5.74, 6) is -1.18. The van der Waals surface area contributed by atoms with E-state index < -0.39 is 5.97 Å². The summed E-state index contributed by atoms with van der Waals surface area (Å²) in [6, 6.07) is 12.2. The standard InChI is InChI=1S/C15H14N2O3/c18-14(19)9-11-5-1-2-6-12(11)10-17-15(20)13-7-3-4-8-16-13/h1-8H,9-10H2,(H,17,20)(H,18,19). The van der Waals surface area contributed by atoms with Crippen LogP contribution in [0.4, 0.5) is 0 Å². The zero-order valence-corrected chi connectivity index (χ0v) is 10.7. The highest BCUT2D eigenvalue weighted by atomic mass is 16.4. The molecule has 0 aliphatic carbocycles. The maximum Gasteiger partial charge on any atom is 0.307 e. The van der Waals surface area contributed by atoms with Gasteiger partial charge in [-0.05, 0) is 23.3 Å². The van der Waals surface area contributed by atoms with E-state index in [0.29, 0.717) is 11.3 Å². The van der Waals surface area contributed by atoms with Gasteiger partial charge in [-0.25, -0.2) is 0 Å². The van der Waals surface area contributed by atoms with Crippen molar-refractivity contribution in [1.29, 1.82) is 0 Å². The van der Waals surface area contributed by atoms with E-state index in [1.165, 1.54) is 0 Å². The van der Waals surface area contributed by atoms with Crippen LogP contribution in [-0.2, 0) is 17.8 Å². The molecular formula is C15H14N2O3. The van der Waals surface area contributed by atoms with Gasteiger partial charge in [-0.1, -0.05) is 30.3 Å². The fourth-order valence-corrected chi connectivity index (χ4v) is 1.83. The number of nitrogens with one attached hydrogen (secondary N) is 1.